The molecule has 1 atom stereocenters. The number of hydrogen-bond donors (Lipinski definition) is 2. The van der Waals surface area contributed by atoms with Gasteiger partial charge in [0.05, 0.1) is 19.2 Å². The lowest BCUT2D eigenvalue weighted by Crippen LogP contribution is -2.32. The molecule has 1 unspecified atom stereocenters. The fourth-order valence-corrected chi connectivity index (χ4v) is 2.34. The van der Waals surface area contributed by atoms with E-state index in [1.165, 1.54) is 18.4 Å². The van der Waals surface area contributed by atoms with Gasteiger partial charge in [0.25, 0.3) is 0 Å². The van der Waals surface area contributed by atoms with Gasteiger partial charge in [0, 0.05) is 30.8 Å². The van der Waals surface area contributed by atoms with Crippen molar-refractivity contribution in [2.75, 3.05) is 19.0 Å². The van der Waals surface area contributed by atoms with Crippen molar-refractivity contribution in [2.24, 2.45) is 0 Å². The van der Waals surface area contributed by atoms with E-state index in [-0.39, 0.29) is 17.9 Å². The van der Waals surface area contributed by atoms with Crippen molar-refractivity contribution in [3.05, 3.63) is 11.1 Å². The fourth-order valence-electron chi connectivity index (χ4n) is 1.57. The van der Waals surface area contributed by atoms with Crippen molar-refractivity contribution in [2.45, 2.75) is 45.6 Å². The van der Waals surface area contributed by atoms with Gasteiger partial charge in [-0.3, -0.25) is 9.59 Å². The smallest absolute Gasteiger partial charge is 0.305 e. The topological polar surface area (TPSA) is 80.3 Å². The number of rotatable bonds is 9. The molecule has 2 N–H and O–H groups in total. The predicted molar refractivity (Wildman–Crippen MR) is 83.5 cm³/mol. The molecule has 0 aliphatic heterocycles. The van der Waals surface area contributed by atoms with Crippen LogP contribution in [0.1, 0.15) is 38.8 Å². The quantitative estimate of drug-likeness (QED) is 0.681. The number of aromatic nitrogens is 1. The summed E-state index contributed by atoms with van der Waals surface area (Å²) in [5.41, 5.74) is 0.858. The summed E-state index contributed by atoms with van der Waals surface area (Å²) in [5, 5.41) is 8.71. The third-order valence-corrected chi connectivity index (χ3v) is 3.86. The van der Waals surface area contributed by atoms with Crippen LogP contribution in [0.4, 0.5) is 5.13 Å². The molecule has 0 aliphatic rings. The second-order valence-corrected chi connectivity index (χ2v) is 5.63. The number of nitrogens with zero attached hydrogens (tertiary/aromatic N) is 1. The molecule has 0 aromatic carbocycles. The predicted octanol–water partition coefficient (Wildman–Crippen LogP) is 1.97. The van der Waals surface area contributed by atoms with Crippen molar-refractivity contribution >= 4 is 28.3 Å². The van der Waals surface area contributed by atoms with Crippen molar-refractivity contribution in [1.82, 2.24) is 10.3 Å². The molecular formula is C14H23N3O3S. The standard InChI is InChI=1S/C14H23N3O3S/c1-4-10(2)16-12(18)7-8-15-14-17-11(9-21-14)5-6-13(19)20-3/h9-10H,4-8H2,1-3H3,(H,15,17)(H,16,18). The zero-order valence-corrected chi connectivity index (χ0v) is 13.6. The third kappa shape index (κ3) is 7.08. The normalized spacial score (nSPS) is 11.8. The Morgan fingerprint density at radius 1 is 1.43 bits per heavy atom. The Morgan fingerprint density at radius 2 is 2.19 bits per heavy atom. The van der Waals surface area contributed by atoms with Crippen molar-refractivity contribution in [1.29, 1.82) is 0 Å². The van der Waals surface area contributed by atoms with Crippen LogP contribution in [0.2, 0.25) is 0 Å². The van der Waals surface area contributed by atoms with Gasteiger partial charge in [-0.25, -0.2) is 4.98 Å². The van der Waals surface area contributed by atoms with Crippen LogP contribution in [0.15, 0.2) is 5.38 Å². The first kappa shape index (κ1) is 17.4. The van der Waals surface area contributed by atoms with E-state index in [1.807, 2.05) is 19.2 Å². The average Bonchev–Trinajstić information content (AvgIpc) is 2.92. The van der Waals surface area contributed by atoms with E-state index >= 15 is 0 Å². The number of carbonyl (C=O) groups excluding carboxylic acids is 2. The van der Waals surface area contributed by atoms with E-state index in [0.717, 1.165) is 17.2 Å². The minimum Gasteiger partial charge on any atom is -0.469 e. The second-order valence-electron chi connectivity index (χ2n) is 4.77. The number of amides is 1. The molecule has 1 amide bonds. The number of carbonyl (C=O) groups is 2. The van der Waals surface area contributed by atoms with Crippen LogP contribution in [0.5, 0.6) is 0 Å². The molecule has 0 aliphatic carbocycles. The third-order valence-electron chi connectivity index (χ3n) is 3.01. The van der Waals surface area contributed by atoms with Crippen molar-refractivity contribution in [3.63, 3.8) is 0 Å². The minimum absolute atomic E-state index is 0.0410. The molecule has 0 bridgehead atoms. The molecular weight excluding hydrogens is 290 g/mol. The first-order chi connectivity index (χ1) is 10.0. The van der Waals surface area contributed by atoms with Crippen LogP contribution in [0, 0.1) is 0 Å². The highest BCUT2D eigenvalue weighted by Gasteiger charge is 2.07. The Morgan fingerprint density at radius 3 is 2.86 bits per heavy atom. The van der Waals surface area contributed by atoms with Crippen LogP contribution in [-0.4, -0.2) is 36.6 Å². The maximum Gasteiger partial charge on any atom is 0.305 e. The molecule has 1 aromatic heterocycles. The van der Waals surface area contributed by atoms with Crippen LogP contribution in [0.25, 0.3) is 0 Å². The molecule has 7 heteroatoms. The van der Waals surface area contributed by atoms with E-state index in [9.17, 15) is 9.59 Å². The van der Waals surface area contributed by atoms with E-state index in [1.54, 1.807) is 0 Å². The Hall–Kier alpha value is -1.63. The average molecular weight is 313 g/mol. The number of anilines is 1. The number of esters is 1. The largest absolute Gasteiger partial charge is 0.469 e. The summed E-state index contributed by atoms with van der Waals surface area (Å²) in [6, 6.07) is 0.210. The first-order valence-electron chi connectivity index (χ1n) is 7.09. The molecule has 21 heavy (non-hydrogen) atoms. The van der Waals surface area contributed by atoms with Gasteiger partial charge in [-0.05, 0) is 13.3 Å². The first-order valence-corrected chi connectivity index (χ1v) is 7.97. The van der Waals surface area contributed by atoms with Crippen LogP contribution in [0.3, 0.4) is 0 Å². The molecule has 1 rings (SSSR count). The fraction of sp³-hybridized carbons (Fsp3) is 0.643. The monoisotopic (exact) mass is 313 g/mol. The SMILES string of the molecule is CCC(C)NC(=O)CCNc1nc(CCC(=O)OC)cs1. The lowest BCUT2D eigenvalue weighted by molar-refractivity contribution is -0.140. The van der Waals surface area contributed by atoms with E-state index < -0.39 is 0 Å². The molecule has 1 aromatic rings. The maximum absolute atomic E-state index is 11.6. The molecule has 0 fully saturated rings. The van der Waals surface area contributed by atoms with Gasteiger partial charge in [0.2, 0.25) is 5.91 Å². The highest BCUT2D eigenvalue weighted by molar-refractivity contribution is 7.13. The Bertz CT molecular complexity index is 462. The summed E-state index contributed by atoms with van der Waals surface area (Å²) in [4.78, 5) is 27.0. The molecule has 6 nitrogen and oxygen atoms in total. The molecule has 118 valence electrons. The summed E-state index contributed by atoms with van der Waals surface area (Å²) < 4.78 is 4.59. The summed E-state index contributed by atoms with van der Waals surface area (Å²) >= 11 is 1.47. The zero-order chi connectivity index (χ0) is 15.7. The van der Waals surface area contributed by atoms with Gasteiger partial charge in [0.1, 0.15) is 0 Å². The molecule has 0 radical (unpaired) electrons. The van der Waals surface area contributed by atoms with E-state index in [4.69, 9.17) is 0 Å². The van der Waals surface area contributed by atoms with Crippen molar-refractivity contribution in [3.8, 4) is 0 Å². The second kappa shape index (κ2) is 9.33. The van der Waals surface area contributed by atoms with Crippen LogP contribution >= 0.6 is 11.3 Å². The van der Waals surface area contributed by atoms with Crippen molar-refractivity contribution < 1.29 is 14.3 Å². The van der Waals surface area contributed by atoms with Gasteiger partial charge < -0.3 is 15.4 Å². The summed E-state index contributed by atoms with van der Waals surface area (Å²) in [5.74, 6) is -0.196. The zero-order valence-electron chi connectivity index (χ0n) is 12.8. The summed E-state index contributed by atoms with van der Waals surface area (Å²) in [7, 11) is 1.38. The number of ether oxygens (including phenoxy) is 1. The Labute approximate surface area is 129 Å². The molecule has 0 saturated carbocycles. The van der Waals surface area contributed by atoms with Gasteiger partial charge in [-0.15, -0.1) is 11.3 Å². The summed E-state index contributed by atoms with van der Waals surface area (Å²) in [6.45, 7) is 4.57. The molecule has 0 spiro atoms. The highest BCUT2D eigenvalue weighted by atomic mass is 32.1. The Balaban J connectivity index is 2.25. The highest BCUT2D eigenvalue weighted by Crippen LogP contribution is 2.16. The number of aryl methyl sites for hydroxylation is 1. The maximum atomic E-state index is 11.6. The van der Waals surface area contributed by atoms with Gasteiger partial charge in [0.15, 0.2) is 5.13 Å². The molecule has 0 saturated heterocycles. The van der Waals surface area contributed by atoms with E-state index in [0.29, 0.717) is 25.8 Å². The lowest BCUT2D eigenvalue weighted by atomic mass is 10.2. The minimum atomic E-state index is -0.237. The molecule has 1 heterocycles. The van der Waals surface area contributed by atoms with Crippen LogP contribution < -0.4 is 10.6 Å². The van der Waals surface area contributed by atoms with E-state index in [2.05, 4.69) is 20.4 Å². The number of methoxy groups -OCH3 is 1. The number of hydrogen-bond acceptors (Lipinski definition) is 6. The summed E-state index contributed by atoms with van der Waals surface area (Å²) in [6.07, 6.45) is 2.24. The van der Waals surface area contributed by atoms with Gasteiger partial charge >= 0.3 is 5.97 Å². The van der Waals surface area contributed by atoms with Gasteiger partial charge in [-0.2, -0.15) is 0 Å². The van der Waals surface area contributed by atoms with Crippen LogP contribution in [-0.2, 0) is 20.7 Å². The van der Waals surface area contributed by atoms with Gasteiger partial charge in [-0.1, -0.05) is 6.92 Å². The lowest BCUT2D eigenvalue weighted by Gasteiger charge is -2.11. The Kier molecular flexibility index (Phi) is 7.74. The number of thiazole rings is 1. The number of nitrogens with one attached hydrogen (secondary N) is 2.